The van der Waals surface area contributed by atoms with Crippen LogP contribution < -0.4 is 5.32 Å². The molecule has 96 valence electrons. The third kappa shape index (κ3) is 3.89. The maximum Gasteiger partial charge on any atom is 0.0857 e. The average Bonchev–Trinajstić information content (AvgIpc) is 2.72. The van der Waals surface area contributed by atoms with E-state index in [-0.39, 0.29) is 5.41 Å². The van der Waals surface area contributed by atoms with E-state index in [2.05, 4.69) is 49.2 Å². The molecule has 0 fully saturated rings. The van der Waals surface area contributed by atoms with Gasteiger partial charge in [-0.15, -0.1) is 11.7 Å². The Kier molecular flexibility index (Phi) is 5.28. The van der Waals surface area contributed by atoms with Gasteiger partial charge in [0.2, 0.25) is 0 Å². The molecule has 0 aliphatic carbocycles. The molecule has 0 aliphatic heterocycles. The molecular formula is C13H23N3S. The Morgan fingerprint density at radius 1 is 1.47 bits per heavy atom. The van der Waals surface area contributed by atoms with Gasteiger partial charge in [-0.25, -0.2) is 0 Å². The molecule has 1 aromatic rings. The molecule has 1 aromatic heterocycles. The van der Waals surface area contributed by atoms with Crippen LogP contribution in [0.3, 0.4) is 0 Å². The second-order valence-corrected chi connectivity index (χ2v) is 6.00. The molecule has 0 spiro atoms. The van der Waals surface area contributed by atoms with Crippen LogP contribution in [0.2, 0.25) is 0 Å². The van der Waals surface area contributed by atoms with Crippen LogP contribution in [-0.4, -0.2) is 16.1 Å². The Morgan fingerprint density at radius 2 is 2.18 bits per heavy atom. The third-order valence-corrected chi connectivity index (χ3v) is 3.49. The fourth-order valence-electron chi connectivity index (χ4n) is 1.80. The molecule has 0 saturated carbocycles. The van der Waals surface area contributed by atoms with Crippen LogP contribution in [-0.2, 0) is 5.41 Å². The molecule has 3 nitrogen and oxygen atoms in total. The summed E-state index contributed by atoms with van der Waals surface area (Å²) in [6, 6.07) is 0.354. The Morgan fingerprint density at radius 3 is 2.71 bits per heavy atom. The van der Waals surface area contributed by atoms with Gasteiger partial charge in [0.25, 0.3) is 0 Å². The number of hydrogen-bond donors (Lipinski definition) is 1. The van der Waals surface area contributed by atoms with Crippen molar-refractivity contribution >= 4 is 11.5 Å². The van der Waals surface area contributed by atoms with E-state index < -0.39 is 0 Å². The summed E-state index contributed by atoms with van der Waals surface area (Å²) in [6.07, 6.45) is 4.04. The zero-order valence-corrected chi connectivity index (χ0v) is 12.1. The van der Waals surface area contributed by atoms with E-state index in [0.29, 0.717) is 6.04 Å². The van der Waals surface area contributed by atoms with Crippen LogP contribution in [0.4, 0.5) is 0 Å². The largest absolute Gasteiger partial charge is 0.309 e. The molecule has 1 unspecified atom stereocenters. The van der Waals surface area contributed by atoms with Gasteiger partial charge in [0.1, 0.15) is 0 Å². The molecule has 0 saturated heterocycles. The van der Waals surface area contributed by atoms with E-state index in [0.717, 1.165) is 25.1 Å². The van der Waals surface area contributed by atoms with Gasteiger partial charge in [0, 0.05) is 11.5 Å². The molecule has 0 amide bonds. The minimum Gasteiger partial charge on any atom is -0.309 e. The molecule has 1 N–H and O–H groups in total. The van der Waals surface area contributed by atoms with Crippen molar-refractivity contribution in [2.24, 2.45) is 0 Å². The highest BCUT2D eigenvalue weighted by molar-refractivity contribution is 7.05. The first-order chi connectivity index (χ1) is 8.00. The second-order valence-electron chi connectivity index (χ2n) is 5.21. The van der Waals surface area contributed by atoms with E-state index in [1.807, 2.05) is 6.08 Å². The van der Waals surface area contributed by atoms with Gasteiger partial charge in [-0.1, -0.05) is 38.3 Å². The SMILES string of the molecule is C=CCCC(NCC)c1snnc1C(C)(C)C. The number of nitrogens with zero attached hydrogens (tertiary/aromatic N) is 2. The summed E-state index contributed by atoms with van der Waals surface area (Å²) in [7, 11) is 0. The monoisotopic (exact) mass is 253 g/mol. The fourth-order valence-corrected chi connectivity index (χ4v) is 2.78. The third-order valence-electron chi connectivity index (χ3n) is 2.65. The number of rotatable bonds is 6. The van der Waals surface area contributed by atoms with Crippen LogP contribution in [0.5, 0.6) is 0 Å². The summed E-state index contributed by atoms with van der Waals surface area (Å²) in [4.78, 5) is 1.28. The molecule has 1 atom stereocenters. The van der Waals surface area contributed by atoms with Crippen molar-refractivity contribution in [2.45, 2.75) is 52.0 Å². The summed E-state index contributed by atoms with van der Waals surface area (Å²) in [5.41, 5.74) is 1.18. The summed E-state index contributed by atoms with van der Waals surface area (Å²) < 4.78 is 4.13. The smallest absolute Gasteiger partial charge is 0.0857 e. The Balaban J connectivity index is 2.93. The van der Waals surface area contributed by atoms with Gasteiger partial charge in [0.15, 0.2) is 0 Å². The molecule has 0 aromatic carbocycles. The molecular weight excluding hydrogens is 230 g/mol. The van der Waals surface area contributed by atoms with Crippen molar-refractivity contribution < 1.29 is 0 Å². The van der Waals surface area contributed by atoms with E-state index in [1.54, 1.807) is 0 Å². The molecule has 1 rings (SSSR count). The fraction of sp³-hybridized carbons (Fsp3) is 0.692. The van der Waals surface area contributed by atoms with Crippen LogP contribution >= 0.6 is 11.5 Å². The normalized spacial score (nSPS) is 13.6. The van der Waals surface area contributed by atoms with Crippen molar-refractivity contribution in [1.82, 2.24) is 14.9 Å². The van der Waals surface area contributed by atoms with Crippen LogP contribution in [0.1, 0.15) is 57.1 Å². The van der Waals surface area contributed by atoms with Crippen molar-refractivity contribution in [2.75, 3.05) is 6.54 Å². The molecule has 0 bridgehead atoms. The second kappa shape index (κ2) is 6.26. The van der Waals surface area contributed by atoms with Gasteiger partial charge >= 0.3 is 0 Å². The highest BCUT2D eigenvalue weighted by atomic mass is 32.1. The Hall–Kier alpha value is -0.740. The van der Waals surface area contributed by atoms with Crippen LogP contribution in [0.15, 0.2) is 12.7 Å². The highest BCUT2D eigenvalue weighted by Gasteiger charge is 2.26. The topological polar surface area (TPSA) is 37.8 Å². The molecule has 4 heteroatoms. The van der Waals surface area contributed by atoms with Crippen molar-refractivity contribution in [1.29, 1.82) is 0 Å². The van der Waals surface area contributed by atoms with Gasteiger partial charge in [0.05, 0.1) is 10.6 Å². The maximum absolute atomic E-state index is 4.30. The summed E-state index contributed by atoms with van der Waals surface area (Å²) >= 11 is 1.52. The molecule has 0 aliphatic rings. The summed E-state index contributed by atoms with van der Waals surface area (Å²) in [5, 5.41) is 7.82. The van der Waals surface area contributed by atoms with E-state index >= 15 is 0 Å². The zero-order valence-electron chi connectivity index (χ0n) is 11.3. The first kappa shape index (κ1) is 14.3. The lowest BCUT2D eigenvalue weighted by Gasteiger charge is -2.22. The molecule has 17 heavy (non-hydrogen) atoms. The van der Waals surface area contributed by atoms with Gasteiger partial charge in [-0.2, -0.15) is 0 Å². The Bertz CT molecular complexity index is 352. The van der Waals surface area contributed by atoms with Gasteiger partial charge < -0.3 is 5.32 Å². The predicted molar refractivity (Wildman–Crippen MR) is 74.5 cm³/mol. The van der Waals surface area contributed by atoms with Crippen molar-refractivity contribution in [3.8, 4) is 0 Å². The van der Waals surface area contributed by atoms with Crippen LogP contribution in [0.25, 0.3) is 0 Å². The van der Waals surface area contributed by atoms with E-state index in [9.17, 15) is 0 Å². The Labute approximate surface area is 108 Å². The minimum absolute atomic E-state index is 0.0597. The quantitative estimate of drug-likeness (QED) is 0.789. The molecule has 0 radical (unpaired) electrons. The van der Waals surface area contributed by atoms with E-state index in [1.165, 1.54) is 16.4 Å². The lowest BCUT2D eigenvalue weighted by Crippen LogP contribution is -2.24. The number of hydrogen-bond acceptors (Lipinski definition) is 4. The van der Waals surface area contributed by atoms with Crippen molar-refractivity contribution in [3.05, 3.63) is 23.2 Å². The number of allylic oxidation sites excluding steroid dienone is 1. The highest BCUT2D eigenvalue weighted by Crippen LogP contribution is 2.32. The zero-order chi connectivity index (χ0) is 12.9. The van der Waals surface area contributed by atoms with Gasteiger partial charge in [-0.3, -0.25) is 0 Å². The number of nitrogens with one attached hydrogen (secondary N) is 1. The lowest BCUT2D eigenvalue weighted by molar-refractivity contribution is 0.497. The van der Waals surface area contributed by atoms with E-state index in [4.69, 9.17) is 0 Å². The minimum atomic E-state index is 0.0597. The van der Waals surface area contributed by atoms with Crippen LogP contribution in [0, 0.1) is 0 Å². The first-order valence-electron chi connectivity index (χ1n) is 6.17. The maximum atomic E-state index is 4.30. The molecule has 1 heterocycles. The summed E-state index contributed by atoms with van der Waals surface area (Å²) in [6.45, 7) is 13.4. The standard InChI is InChI=1S/C13H23N3S/c1-6-8-9-10(14-7-2)11-12(13(3,4)5)15-16-17-11/h6,10,14H,1,7-9H2,2-5H3. The van der Waals surface area contributed by atoms with Crippen molar-refractivity contribution in [3.63, 3.8) is 0 Å². The first-order valence-corrected chi connectivity index (χ1v) is 6.95. The predicted octanol–water partition coefficient (Wildman–Crippen LogP) is 3.45. The lowest BCUT2D eigenvalue weighted by atomic mass is 9.89. The summed E-state index contributed by atoms with van der Waals surface area (Å²) in [5.74, 6) is 0. The average molecular weight is 253 g/mol. The van der Waals surface area contributed by atoms with Gasteiger partial charge in [-0.05, 0) is 30.9 Å². The number of aromatic nitrogens is 2.